The maximum absolute atomic E-state index is 4.78. The van der Waals surface area contributed by atoms with Gasteiger partial charge in [-0.25, -0.2) is 0 Å². The summed E-state index contributed by atoms with van der Waals surface area (Å²) in [6.45, 7) is 9.56. The van der Waals surface area contributed by atoms with Gasteiger partial charge in [-0.1, -0.05) is 13.8 Å². The van der Waals surface area contributed by atoms with E-state index in [0.29, 0.717) is 11.3 Å². The van der Waals surface area contributed by atoms with Crippen molar-refractivity contribution in [1.29, 1.82) is 0 Å². The SMILES string of the molecule is CCNC(=NCC1(C2CC2)CC1)NCC(C)C. The molecule has 17 heavy (non-hydrogen) atoms. The first-order valence-electron chi connectivity index (χ1n) is 7.18. The van der Waals surface area contributed by atoms with Crippen LogP contribution in [0.15, 0.2) is 4.99 Å². The van der Waals surface area contributed by atoms with Gasteiger partial charge in [-0.05, 0) is 49.9 Å². The fourth-order valence-corrected chi connectivity index (χ4v) is 2.43. The van der Waals surface area contributed by atoms with Gasteiger partial charge in [0.25, 0.3) is 0 Å². The minimum Gasteiger partial charge on any atom is -0.357 e. The predicted molar refractivity (Wildman–Crippen MR) is 73.2 cm³/mol. The summed E-state index contributed by atoms with van der Waals surface area (Å²) in [5.41, 5.74) is 0.611. The first kappa shape index (κ1) is 12.7. The molecule has 2 fully saturated rings. The van der Waals surface area contributed by atoms with Crippen LogP contribution >= 0.6 is 0 Å². The Kier molecular flexibility index (Phi) is 3.95. The highest BCUT2D eigenvalue weighted by Gasteiger charge is 2.53. The van der Waals surface area contributed by atoms with Gasteiger partial charge in [-0.15, -0.1) is 0 Å². The van der Waals surface area contributed by atoms with Crippen molar-refractivity contribution >= 4 is 5.96 Å². The number of hydrogen-bond donors (Lipinski definition) is 2. The maximum atomic E-state index is 4.78. The number of nitrogens with zero attached hydrogens (tertiary/aromatic N) is 1. The molecule has 0 unspecified atom stereocenters. The Morgan fingerprint density at radius 1 is 1.29 bits per heavy atom. The highest BCUT2D eigenvalue weighted by atomic mass is 15.2. The first-order chi connectivity index (χ1) is 8.16. The lowest BCUT2D eigenvalue weighted by atomic mass is 10.0. The summed E-state index contributed by atoms with van der Waals surface area (Å²) >= 11 is 0. The largest absolute Gasteiger partial charge is 0.357 e. The van der Waals surface area contributed by atoms with E-state index in [-0.39, 0.29) is 0 Å². The molecule has 98 valence electrons. The van der Waals surface area contributed by atoms with Crippen LogP contribution < -0.4 is 10.6 Å². The fourth-order valence-electron chi connectivity index (χ4n) is 2.43. The molecule has 0 saturated heterocycles. The van der Waals surface area contributed by atoms with Gasteiger partial charge in [0.05, 0.1) is 0 Å². The van der Waals surface area contributed by atoms with Crippen LogP contribution in [0.4, 0.5) is 0 Å². The zero-order valence-corrected chi connectivity index (χ0v) is 11.6. The van der Waals surface area contributed by atoms with Gasteiger partial charge < -0.3 is 10.6 Å². The smallest absolute Gasteiger partial charge is 0.191 e. The molecule has 2 aliphatic rings. The lowest BCUT2D eigenvalue weighted by Crippen LogP contribution is -2.39. The zero-order chi connectivity index (χ0) is 12.3. The molecule has 2 saturated carbocycles. The van der Waals surface area contributed by atoms with Crippen molar-refractivity contribution in [3.63, 3.8) is 0 Å². The Morgan fingerprint density at radius 3 is 2.47 bits per heavy atom. The van der Waals surface area contributed by atoms with Crippen molar-refractivity contribution in [2.24, 2.45) is 22.2 Å². The van der Waals surface area contributed by atoms with Gasteiger partial charge in [-0.2, -0.15) is 0 Å². The molecule has 0 amide bonds. The summed E-state index contributed by atoms with van der Waals surface area (Å²) in [5.74, 6) is 2.67. The van der Waals surface area contributed by atoms with E-state index < -0.39 is 0 Å². The predicted octanol–water partition coefficient (Wildman–Crippen LogP) is 2.39. The summed E-state index contributed by atoms with van der Waals surface area (Å²) < 4.78 is 0. The van der Waals surface area contributed by atoms with E-state index >= 15 is 0 Å². The zero-order valence-electron chi connectivity index (χ0n) is 11.6. The van der Waals surface area contributed by atoms with Crippen LogP contribution in [-0.4, -0.2) is 25.6 Å². The van der Waals surface area contributed by atoms with E-state index in [4.69, 9.17) is 4.99 Å². The van der Waals surface area contributed by atoms with E-state index in [0.717, 1.165) is 31.5 Å². The summed E-state index contributed by atoms with van der Waals surface area (Å²) in [6.07, 6.45) is 5.71. The van der Waals surface area contributed by atoms with Crippen molar-refractivity contribution in [1.82, 2.24) is 10.6 Å². The molecule has 0 aliphatic heterocycles. The van der Waals surface area contributed by atoms with Crippen molar-refractivity contribution in [2.45, 2.75) is 46.5 Å². The third-order valence-corrected chi connectivity index (χ3v) is 3.91. The van der Waals surface area contributed by atoms with Crippen LogP contribution in [0.25, 0.3) is 0 Å². The minimum absolute atomic E-state index is 0.611. The average Bonchev–Trinajstić information content (AvgIpc) is 3.15. The molecule has 0 spiro atoms. The minimum atomic E-state index is 0.611. The Hall–Kier alpha value is -0.730. The third kappa shape index (κ3) is 3.62. The molecule has 3 nitrogen and oxygen atoms in total. The molecule has 0 radical (unpaired) electrons. The van der Waals surface area contributed by atoms with E-state index in [2.05, 4.69) is 31.4 Å². The van der Waals surface area contributed by atoms with Gasteiger partial charge in [0.1, 0.15) is 0 Å². The molecular weight excluding hydrogens is 210 g/mol. The summed E-state index contributed by atoms with van der Waals surface area (Å²) in [6, 6.07) is 0. The van der Waals surface area contributed by atoms with E-state index in [9.17, 15) is 0 Å². The van der Waals surface area contributed by atoms with Gasteiger partial charge in [0, 0.05) is 19.6 Å². The molecule has 3 heteroatoms. The van der Waals surface area contributed by atoms with Gasteiger partial charge in [0.15, 0.2) is 5.96 Å². The van der Waals surface area contributed by atoms with Gasteiger partial charge >= 0.3 is 0 Å². The quantitative estimate of drug-likeness (QED) is 0.550. The molecular formula is C14H27N3. The van der Waals surface area contributed by atoms with Crippen molar-refractivity contribution in [3.05, 3.63) is 0 Å². The number of guanidine groups is 1. The van der Waals surface area contributed by atoms with Crippen molar-refractivity contribution in [3.8, 4) is 0 Å². The molecule has 0 aromatic heterocycles. The van der Waals surface area contributed by atoms with E-state index in [1.54, 1.807) is 0 Å². The Labute approximate surface area is 105 Å². The topological polar surface area (TPSA) is 36.4 Å². The normalized spacial score (nSPS) is 22.7. The Morgan fingerprint density at radius 2 is 2.00 bits per heavy atom. The molecule has 2 rings (SSSR count). The second-order valence-corrected chi connectivity index (χ2v) is 6.11. The van der Waals surface area contributed by atoms with Crippen molar-refractivity contribution < 1.29 is 0 Å². The summed E-state index contributed by atoms with van der Waals surface area (Å²) in [7, 11) is 0. The molecule has 2 aliphatic carbocycles. The highest BCUT2D eigenvalue weighted by molar-refractivity contribution is 5.79. The van der Waals surface area contributed by atoms with Crippen LogP contribution in [0.5, 0.6) is 0 Å². The fraction of sp³-hybridized carbons (Fsp3) is 0.929. The molecule has 0 aromatic carbocycles. The first-order valence-corrected chi connectivity index (χ1v) is 7.18. The Bertz CT molecular complexity index is 275. The van der Waals surface area contributed by atoms with Crippen LogP contribution in [0.3, 0.4) is 0 Å². The van der Waals surface area contributed by atoms with E-state index in [1.807, 2.05) is 0 Å². The molecule has 0 atom stereocenters. The molecule has 0 bridgehead atoms. The highest BCUT2D eigenvalue weighted by Crippen LogP contribution is 2.61. The number of rotatable bonds is 6. The van der Waals surface area contributed by atoms with Crippen LogP contribution in [0, 0.1) is 17.3 Å². The van der Waals surface area contributed by atoms with Crippen molar-refractivity contribution in [2.75, 3.05) is 19.6 Å². The monoisotopic (exact) mass is 237 g/mol. The maximum Gasteiger partial charge on any atom is 0.191 e. The van der Waals surface area contributed by atoms with Gasteiger partial charge in [0.2, 0.25) is 0 Å². The van der Waals surface area contributed by atoms with Crippen LogP contribution in [0.2, 0.25) is 0 Å². The lowest BCUT2D eigenvalue weighted by Gasteiger charge is -2.15. The van der Waals surface area contributed by atoms with Crippen LogP contribution in [-0.2, 0) is 0 Å². The lowest BCUT2D eigenvalue weighted by molar-refractivity contribution is 0.452. The second-order valence-electron chi connectivity index (χ2n) is 6.11. The summed E-state index contributed by atoms with van der Waals surface area (Å²) in [5, 5.41) is 6.76. The van der Waals surface area contributed by atoms with Crippen LogP contribution in [0.1, 0.15) is 46.5 Å². The summed E-state index contributed by atoms with van der Waals surface area (Å²) in [4.78, 5) is 4.78. The molecule has 0 aromatic rings. The van der Waals surface area contributed by atoms with Gasteiger partial charge in [-0.3, -0.25) is 4.99 Å². The Balaban J connectivity index is 1.81. The molecule has 0 heterocycles. The molecule has 2 N–H and O–H groups in total. The standard InChI is InChI=1S/C14H27N3/c1-4-15-13(16-9-11(2)3)17-10-14(7-8-14)12-5-6-12/h11-12H,4-10H2,1-3H3,(H2,15,16,17). The third-order valence-electron chi connectivity index (χ3n) is 3.91. The number of hydrogen-bond acceptors (Lipinski definition) is 1. The average molecular weight is 237 g/mol. The second kappa shape index (κ2) is 5.28. The van der Waals surface area contributed by atoms with E-state index in [1.165, 1.54) is 25.7 Å². The number of nitrogens with one attached hydrogen (secondary N) is 2. The number of aliphatic imine (C=N–C) groups is 1.